The summed E-state index contributed by atoms with van der Waals surface area (Å²) in [7, 11) is -4.42. The van der Waals surface area contributed by atoms with Crippen LogP contribution in [0.4, 0.5) is 8.68 Å². The van der Waals surface area contributed by atoms with Crippen molar-refractivity contribution in [3.63, 3.8) is 0 Å². The van der Waals surface area contributed by atoms with Gasteiger partial charge in [-0.15, -0.1) is 3.89 Å². The topological polar surface area (TPSA) is 66.9 Å². The van der Waals surface area contributed by atoms with Gasteiger partial charge in [-0.1, -0.05) is 0 Å². The Kier molecular flexibility index (Phi) is 5.14. The molecule has 0 aliphatic carbocycles. The zero-order chi connectivity index (χ0) is 14.7. The third-order valence-corrected chi connectivity index (χ3v) is 3.35. The molecule has 0 aromatic heterocycles. The minimum atomic E-state index is -4.42. The third kappa shape index (κ3) is 6.72. The molecule has 1 heterocycles. The molecule has 0 aromatic rings. The van der Waals surface area contributed by atoms with E-state index in [4.69, 9.17) is 4.74 Å². The number of amides is 1. The molecular formula is C11H21FN2O4S. The van der Waals surface area contributed by atoms with E-state index in [1.165, 1.54) is 0 Å². The van der Waals surface area contributed by atoms with Gasteiger partial charge in [0, 0.05) is 32.7 Å². The van der Waals surface area contributed by atoms with Crippen LogP contribution in [-0.2, 0) is 15.0 Å². The predicted octanol–water partition coefficient (Wildman–Crippen LogP) is 0.838. The highest BCUT2D eigenvalue weighted by Crippen LogP contribution is 2.11. The molecule has 0 N–H and O–H groups in total. The van der Waals surface area contributed by atoms with Gasteiger partial charge in [-0.05, 0) is 20.8 Å². The lowest BCUT2D eigenvalue weighted by Gasteiger charge is -2.35. The Labute approximate surface area is 113 Å². The van der Waals surface area contributed by atoms with E-state index in [2.05, 4.69) is 0 Å². The van der Waals surface area contributed by atoms with Crippen LogP contribution in [0.25, 0.3) is 0 Å². The van der Waals surface area contributed by atoms with E-state index < -0.39 is 21.6 Å². The summed E-state index contributed by atoms with van der Waals surface area (Å²) >= 11 is 0. The van der Waals surface area contributed by atoms with Crippen molar-refractivity contribution in [3.05, 3.63) is 0 Å². The van der Waals surface area contributed by atoms with Gasteiger partial charge in [-0.25, -0.2) is 4.79 Å². The van der Waals surface area contributed by atoms with Crippen molar-refractivity contribution in [1.29, 1.82) is 0 Å². The Bertz CT molecular complexity index is 411. The molecule has 1 saturated heterocycles. The van der Waals surface area contributed by atoms with E-state index in [0.717, 1.165) is 0 Å². The molecule has 0 saturated carbocycles. The Hall–Kier alpha value is -0.890. The molecule has 19 heavy (non-hydrogen) atoms. The second-order valence-electron chi connectivity index (χ2n) is 5.55. The van der Waals surface area contributed by atoms with Gasteiger partial charge in [-0.2, -0.15) is 8.42 Å². The summed E-state index contributed by atoms with van der Waals surface area (Å²) < 4.78 is 38.5. The average molecular weight is 296 g/mol. The molecule has 0 unspecified atom stereocenters. The van der Waals surface area contributed by atoms with E-state index in [-0.39, 0.29) is 12.6 Å². The fraction of sp³-hybridized carbons (Fsp3) is 0.909. The van der Waals surface area contributed by atoms with Crippen molar-refractivity contribution < 1.29 is 21.8 Å². The normalized spacial score (nSPS) is 18.4. The number of nitrogens with zero attached hydrogens (tertiary/aromatic N) is 2. The lowest BCUT2D eigenvalue weighted by molar-refractivity contribution is 0.0149. The maximum absolute atomic E-state index is 12.4. The second kappa shape index (κ2) is 6.04. The van der Waals surface area contributed by atoms with Gasteiger partial charge in [-0.3, -0.25) is 4.90 Å². The molecule has 8 heteroatoms. The molecule has 1 rings (SSSR count). The molecule has 1 aliphatic heterocycles. The van der Waals surface area contributed by atoms with Crippen molar-refractivity contribution in [3.8, 4) is 0 Å². The molecule has 1 fully saturated rings. The number of halogens is 1. The first-order valence-electron chi connectivity index (χ1n) is 6.19. The maximum atomic E-state index is 12.4. The van der Waals surface area contributed by atoms with Crippen molar-refractivity contribution in [2.75, 3.05) is 38.5 Å². The molecule has 112 valence electrons. The number of carbonyl (C=O) groups is 1. The standard InChI is InChI=1S/C11H21FN2O4S/c1-11(2,3)18-10(15)14-6-4-13(5-7-14)8-9-19(12,16)17/h4-9H2,1-3H3. The zero-order valence-electron chi connectivity index (χ0n) is 11.6. The SMILES string of the molecule is CC(C)(C)OC(=O)N1CCN(CCS(=O)(=O)F)CC1. The van der Waals surface area contributed by atoms with E-state index in [1.54, 1.807) is 25.7 Å². The molecule has 0 spiro atoms. The van der Waals surface area contributed by atoms with E-state index in [0.29, 0.717) is 26.2 Å². The maximum Gasteiger partial charge on any atom is 0.410 e. The van der Waals surface area contributed by atoms with Crippen LogP contribution in [0.5, 0.6) is 0 Å². The Morgan fingerprint density at radius 2 is 1.74 bits per heavy atom. The second-order valence-corrected chi connectivity index (χ2v) is 7.04. The average Bonchev–Trinajstić information content (AvgIpc) is 2.23. The van der Waals surface area contributed by atoms with Crippen LogP contribution in [0.3, 0.4) is 0 Å². The number of carbonyl (C=O) groups excluding carboxylic acids is 1. The highest BCUT2D eigenvalue weighted by molar-refractivity contribution is 7.86. The monoisotopic (exact) mass is 296 g/mol. The van der Waals surface area contributed by atoms with Crippen LogP contribution >= 0.6 is 0 Å². The van der Waals surface area contributed by atoms with Crippen LogP contribution in [-0.4, -0.2) is 68.4 Å². The Morgan fingerprint density at radius 3 is 2.16 bits per heavy atom. The molecule has 0 atom stereocenters. The fourth-order valence-electron chi connectivity index (χ4n) is 1.72. The lowest BCUT2D eigenvalue weighted by atomic mass is 10.2. The van der Waals surface area contributed by atoms with Crippen LogP contribution in [0, 0.1) is 0 Å². The quantitative estimate of drug-likeness (QED) is 0.722. The van der Waals surface area contributed by atoms with E-state index in [1.807, 2.05) is 4.90 Å². The van der Waals surface area contributed by atoms with Crippen LogP contribution in [0.2, 0.25) is 0 Å². The van der Waals surface area contributed by atoms with Crippen molar-refractivity contribution in [1.82, 2.24) is 9.80 Å². The smallest absolute Gasteiger partial charge is 0.410 e. The summed E-state index contributed by atoms with van der Waals surface area (Å²) in [6, 6.07) is 0. The van der Waals surface area contributed by atoms with Crippen LogP contribution < -0.4 is 0 Å². The minimum Gasteiger partial charge on any atom is -0.444 e. The summed E-state index contributed by atoms with van der Waals surface area (Å²) in [4.78, 5) is 15.2. The van der Waals surface area contributed by atoms with Crippen LogP contribution in [0.1, 0.15) is 20.8 Å². The van der Waals surface area contributed by atoms with Gasteiger partial charge in [0.1, 0.15) is 5.60 Å². The van der Waals surface area contributed by atoms with Gasteiger partial charge in [0.15, 0.2) is 0 Å². The first-order chi connectivity index (χ1) is 8.57. The highest BCUT2D eigenvalue weighted by atomic mass is 32.3. The number of ether oxygens (including phenoxy) is 1. The largest absolute Gasteiger partial charge is 0.444 e. The summed E-state index contributed by atoms with van der Waals surface area (Å²) in [5.74, 6) is -0.501. The number of piperazine rings is 1. The molecule has 1 aliphatic rings. The van der Waals surface area contributed by atoms with Crippen molar-refractivity contribution in [2.24, 2.45) is 0 Å². The van der Waals surface area contributed by atoms with E-state index in [9.17, 15) is 17.1 Å². The predicted molar refractivity (Wildman–Crippen MR) is 69.1 cm³/mol. The zero-order valence-corrected chi connectivity index (χ0v) is 12.4. The van der Waals surface area contributed by atoms with Gasteiger partial charge in [0.25, 0.3) is 0 Å². The van der Waals surface area contributed by atoms with Gasteiger partial charge < -0.3 is 9.64 Å². The highest BCUT2D eigenvalue weighted by Gasteiger charge is 2.26. The van der Waals surface area contributed by atoms with Crippen molar-refractivity contribution in [2.45, 2.75) is 26.4 Å². The Morgan fingerprint density at radius 1 is 1.21 bits per heavy atom. The molecule has 0 aromatic carbocycles. The molecule has 6 nitrogen and oxygen atoms in total. The minimum absolute atomic E-state index is 0.154. The van der Waals surface area contributed by atoms with Crippen LogP contribution in [0.15, 0.2) is 0 Å². The summed E-state index contributed by atoms with van der Waals surface area (Å²) in [5.41, 5.74) is -0.531. The lowest BCUT2D eigenvalue weighted by Crippen LogP contribution is -2.50. The van der Waals surface area contributed by atoms with Crippen molar-refractivity contribution >= 4 is 16.3 Å². The van der Waals surface area contributed by atoms with E-state index >= 15 is 0 Å². The summed E-state index contributed by atoms with van der Waals surface area (Å²) in [6.07, 6.45) is -0.370. The molecule has 1 amide bonds. The molecule has 0 bridgehead atoms. The molecule has 0 radical (unpaired) electrons. The van der Waals surface area contributed by atoms with Gasteiger partial charge in [0.2, 0.25) is 0 Å². The third-order valence-electron chi connectivity index (χ3n) is 2.68. The summed E-state index contributed by atoms with van der Waals surface area (Å²) in [6.45, 7) is 7.51. The van der Waals surface area contributed by atoms with Gasteiger partial charge in [0.05, 0.1) is 5.75 Å². The number of hydrogen-bond donors (Lipinski definition) is 0. The summed E-state index contributed by atoms with van der Waals surface area (Å²) in [5, 5.41) is 0. The Balaban J connectivity index is 2.35. The first kappa shape index (κ1) is 16.2. The number of hydrogen-bond acceptors (Lipinski definition) is 5. The molecular weight excluding hydrogens is 275 g/mol. The fourth-order valence-corrected chi connectivity index (χ4v) is 2.19. The number of rotatable bonds is 3. The van der Waals surface area contributed by atoms with Gasteiger partial charge >= 0.3 is 16.3 Å². The first-order valence-corrected chi connectivity index (χ1v) is 7.75.